The minimum Gasteiger partial charge on any atom is -0.461 e. The number of carbonyl (C=O) groups excluding carboxylic acids is 3. The molecule has 0 bridgehead atoms. The van der Waals surface area contributed by atoms with Gasteiger partial charge in [-0.25, -0.2) is 0 Å². The minimum absolute atomic E-state index is 0.00133. The number of hydrogen-bond donors (Lipinski definition) is 0. The average molecular weight is 372 g/mol. The second-order valence-corrected chi connectivity index (χ2v) is 7.40. The lowest BCUT2D eigenvalue weighted by atomic mass is 10.1. The summed E-state index contributed by atoms with van der Waals surface area (Å²) in [6.45, 7) is 3.18. The lowest BCUT2D eigenvalue weighted by Crippen LogP contribution is -2.46. The molecule has 1 aromatic carbocycles. The number of esters is 1. The van der Waals surface area contributed by atoms with Gasteiger partial charge in [0.15, 0.2) is 0 Å². The molecule has 1 unspecified atom stereocenters. The highest BCUT2D eigenvalue weighted by atomic mass is 16.5. The van der Waals surface area contributed by atoms with Crippen molar-refractivity contribution < 1.29 is 19.1 Å². The average Bonchev–Trinajstić information content (AvgIpc) is 3.31. The van der Waals surface area contributed by atoms with E-state index in [-0.39, 0.29) is 17.8 Å². The topological polar surface area (TPSA) is 66.9 Å². The van der Waals surface area contributed by atoms with E-state index in [1.807, 2.05) is 23.1 Å². The van der Waals surface area contributed by atoms with Crippen molar-refractivity contribution in [1.82, 2.24) is 9.80 Å². The summed E-state index contributed by atoms with van der Waals surface area (Å²) in [6.07, 6.45) is 4.00. The van der Waals surface area contributed by atoms with Crippen LogP contribution in [-0.4, -0.2) is 59.4 Å². The standard InChI is InChI=1S/C21H28N2O4/c1-16(24)27-18-14-19(21(26)22-12-5-6-13-22)23(15-18)20(25)11-7-10-17-8-3-2-4-9-17/h2-4,8-9,18-19H,5-7,10-15H2,1H3/t18?,19-/m1/s1. The maximum Gasteiger partial charge on any atom is 0.302 e. The van der Waals surface area contributed by atoms with Crippen LogP contribution in [0.4, 0.5) is 0 Å². The van der Waals surface area contributed by atoms with E-state index >= 15 is 0 Å². The first-order valence-electron chi connectivity index (χ1n) is 9.84. The zero-order chi connectivity index (χ0) is 19.2. The molecule has 6 heteroatoms. The number of aryl methyl sites for hydroxylation is 1. The number of amides is 2. The Hall–Kier alpha value is -2.37. The SMILES string of the molecule is CC(=O)OC1C[C@H](C(=O)N2CCCC2)N(C(=O)CCCc2ccccc2)C1. The molecule has 2 aliphatic heterocycles. The molecule has 2 heterocycles. The van der Waals surface area contributed by atoms with Gasteiger partial charge in [-0.05, 0) is 31.2 Å². The maximum absolute atomic E-state index is 12.9. The molecule has 146 valence electrons. The fourth-order valence-corrected chi connectivity index (χ4v) is 4.01. The summed E-state index contributed by atoms with van der Waals surface area (Å²) in [5.41, 5.74) is 1.20. The van der Waals surface area contributed by atoms with Crippen molar-refractivity contribution in [2.75, 3.05) is 19.6 Å². The number of ether oxygens (including phenoxy) is 1. The number of hydrogen-bond acceptors (Lipinski definition) is 4. The smallest absolute Gasteiger partial charge is 0.302 e. The molecule has 0 spiro atoms. The van der Waals surface area contributed by atoms with Crippen molar-refractivity contribution in [3.05, 3.63) is 35.9 Å². The Bertz CT molecular complexity index is 670. The van der Waals surface area contributed by atoms with Gasteiger partial charge in [0.1, 0.15) is 12.1 Å². The summed E-state index contributed by atoms with van der Waals surface area (Å²) in [6, 6.07) is 9.56. The highest BCUT2D eigenvalue weighted by Gasteiger charge is 2.42. The highest BCUT2D eigenvalue weighted by Crippen LogP contribution is 2.25. The van der Waals surface area contributed by atoms with Crippen molar-refractivity contribution in [2.45, 2.75) is 57.6 Å². The number of likely N-dealkylation sites (tertiary alicyclic amines) is 2. The molecule has 27 heavy (non-hydrogen) atoms. The van der Waals surface area contributed by atoms with Crippen molar-refractivity contribution in [1.29, 1.82) is 0 Å². The number of benzene rings is 1. The Labute approximate surface area is 160 Å². The van der Waals surface area contributed by atoms with Crippen molar-refractivity contribution in [3.8, 4) is 0 Å². The predicted octanol–water partition coefficient (Wildman–Crippen LogP) is 2.16. The monoisotopic (exact) mass is 372 g/mol. The van der Waals surface area contributed by atoms with Gasteiger partial charge in [0.25, 0.3) is 0 Å². The van der Waals surface area contributed by atoms with Gasteiger partial charge >= 0.3 is 5.97 Å². The third kappa shape index (κ3) is 5.08. The molecule has 1 aromatic rings. The van der Waals surface area contributed by atoms with E-state index in [0.29, 0.717) is 19.4 Å². The van der Waals surface area contributed by atoms with Crippen LogP contribution in [0.3, 0.4) is 0 Å². The van der Waals surface area contributed by atoms with Crippen LogP contribution in [0.5, 0.6) is 0 Å². The first kappa shape index (κ1) is 19.4. The largest absolute Gasteiger partial charge is 0.461 e. The van der Waals surface area contributed by atoms with Crippen LogP contribution in [0.15, 0.2) is 30.3 Å². The molecular formula is C21H28N2O4. The zero-order valence-corrected chi connectivity index (χ0v) is 15.9. The predicted molar refractivity (Wildman–Crippen MR) is 101 cm³/mol. The van der Waals surface area contributed by atoms with Gasteiger partial charge in [0, 0.05) is 32.9 Å². The van der Waals surface area contributed by atoms with E-state index in [2.05, 4.69) is 12.1 Å². The summed E-state index contributed by atoms with van der Waals surface area (Å²) < 4.78 is 5.30. The second-order valence-electron chi connectivity index (χ2n) is 7.40. The van der Waals surface area contributed by atoms with Crippen molar-refractivity contribution in [2.24, 2.45) is 0 Å². The van der Waals surface area contributed by atoms with Gasteiger partial charge in [0.2, 0.25) is 11.8 Å². The number of carbonyl (C=O) groups is 3. The summed E-state index contributed by atoms with van der Waals surface area (Å²) >= 11 is 0. The Morgan fingerprint density at radius 2 is 1.81 bits per heavy atom. The maximum atomic E-state index is 12.9. The molecular weight excluding hydrogens is 344 g/mol. The van der Waals surface area contributed by atoms with Gasteiger partial charge in [-0.3, -0.25) is 14.4 Å². The molecule has 0 N–H and O–H groups in total. The minimum atomic E-state index is -0.503. The quantitative estimate of drug-likeness (QED) is 0.718. The van der Waals surface area contributed by atoms with Crippen LogP contribution in [0.2, 0.25) is 0 Å². The molecule has 3 rings (SSSR count). The van der Waals surface area contributed by atoms with Crippen LogP contribution in [0, 0.1) is 0 Å². The van der Waals surface area contributed by atoms with Gasteiger partial charge in [0.05, 0.1) is 6.54 Å². The first-order chi connectivity index (χ1) is 13.0. The summed E-state index contributed by atoms with van der Waals surface area (Å²) in [5.74, 6) is -0.401. The van der Waals surface area contributed by atoms with Gasteiger partial charge < -0.3 is 14.5 Å². The van der Waals surface area contributed by atoms with Gasteiger partial charge in [-0.2, -0.15) is 0 Å². The van der Waals surface area contributed by atoms with Crippen LogP contribution < -0.4 is 0 Å². The molecule has 0 radical (unpaired) electrons. The van der Waals surface area contributed by atoms with E-state index in [1.54, 1.807) is 4.90 Å². The first-order valence-corrected chi connectivity index (χ1v) is 9.84. The molecule has 0 aromatic heterocycles. The number of rotatable bonds is 6. The molecule has 2 fully saturated rings. The lowest BCUT2D eigenvalue weighted by Gasteiger charge is -2.27. The molecule has 0 saturated carbocycles. The Kier molecular flexibility index (Phi) is 6.48. The zero-order valence-electron chi connectivity index (χ0n) is 15.9. The van der Waals surface area contributed by atoms with E-state index in [4.69, 9.17) is 4.74 Å². The van der Waals surface area contributed by atoms with E-state index in [1.165, 1.54) is 12.5 Å². The van der Waals surface area contributed by atoms with Crippen LogP contribution in [0.1, 0.15) is 44.6 Å². The second kappa shape index (κ2) is 9.02. The van der Waals surface area contributed by atoms with Crippen LogP contribution >= 0.6 is 0 Å². The molecule has 2 aliphatic rings. The third-order valence-electron chi connectivity index (χ3n) is 5.32. The highest BCUT2D eigenvalue weighted by molar-refractivity contribution is 5.88. The fourth-order valence-electron chi connectivity index (χ4n) is 4.01. The fraction of sp³-hybridized carbons (Fsp3) is 0.571. The van der Waals surface area contributed by atoms with Crippen molar-refractivity contribution >= 4 is 17.8 Å². The molecule has 0 aliphatic carbocycles. The number of nitrogens with zero attached hydrogens (tertiary/aromatic N) is 2. The van der Waals surface area contributed by atoms with E-state index in [9.17, 15) is 14.4 Å². The normalized spacial score (nSPS) is 22.1. The Balaban J connectivity index is 1.60. The Morgan fingerprint density at radius 3 is 2.48 bits per heavy atom. The van der Waals surface area contributed by atoms with Crippen LogP contribution in [0.25, 0.3) is 0 Å². The molecule has 2 saturated heterocycles. The Morgan fingerprint density at radius 1 is 1.11 bits per heavy atom. The molecule has 6 nitrogen and oxygen atoms in total. The van der Waals surface area contributed by atoms with Crippen LogP contribution in [-0.2, 0) is 25.5 Å². The molecule has 2 amide bonds. The van der Waals surface area contributed by atoms with E-state index < -0.39 is 12.1 Å². The summed E-state index contributed by atoms with van der Waals surface area (Å²) in [7, 11) is 0. The molecule has 2 atom stereocenters. The van der Waals surface area contributed by atoms with E-state index in [0.717, 1.165) is 38.8 Å². The summed E-state index contributed by atoms with van der Waals surface area (Å²) in [5, 5.41) is 0. The van der Waals surface area contributed by atoms with Gasteiger partial charge in [-0.1, -0.05) is 30.3 Å². The third-order valence-corrected chi connectivity index (χ3v) is 5.32. The summed E-state index contributed by atoms with van der Waals surface area (Å²) in [4.78, 5) is 40.5. The lowest BCUT2D eigenvalue weighted by molar-refractivity contribution is -0.146. The van der Waals surface area contributed by atoms with Gasteiger partial charge in [-0.15, -0.1) is 0 Å². The van der Waals surface area contributed by atoms with Crippen molar-refractivity contribution in [3.63, 3.8) is 0 Å².